The molecule has 0 aliphatic heterocycles. The highest BCUT2D eigenvalue weighted by Crippen LogP contribution is 2.26. The maximum absolute atomic E-state index is 11.0. The second kappa shape index (κ2) is 7.81. The fourth-order valence-corrected chi connectivity index (χ4v) is 2.80. The van der Waals surface area contributed by atoms with Crippen LogP contribution in [-0.4, -0.2) is 9.49 Å². The number of nitro groups is 1. The summed E-state index contributed by atoms with van der Waals surface area (Å²) in [6, 6.07) is 7.15. The van der Waals surface area contributed by atoms with Crippen molar-refractivity contribution in [3.8, 4) is 0 Å². The number of benzene rings is 1. The van der Waals surface area contributed by atoms with Gasteiger partial charge >= 0.3 is 0 Å². The predicted octanol–water partition coefficient (Wildman–Crippen LogP) is 5.30. The van der Waals surface area contributed by atoms with Crippen LogP contribution in [0.15, 0.2) is 30.5 Å². The first kappa shape index (κ1) is 15.5. The molecule has 0 fully saturated rings. The third kappa shape index (κ3) is 4.06. The summed E-state index contributed by atoms with van der Waals surface area (Å²) >= 11 is 0. The van der Waals surface area contributed by atoms with E-state index in [1.807, 2.05) is 18.3 Å². The highest BCUT2D eigenvalue weighted by molar-refractivity contribution is 5.89. The van der Waals surface area contributed by atoms with Gasteiger partial charge in [-0.3, -0.25) is 10.1 Å². The third-order valence-electron chi connectivity index (χ3n) is 3.99. The summed E-state index contributed by atoms with van der Waals surface area (Å²) in [7, 11) is 0. The fraction of sp³-hybridized carbons (Fsp3) is 0.529. The molecule has 0 N–H and O–H groups in total. The Morgan fingerprint density at radius 2 is 1.76 bits per heavy atom. The Kier molecular flexibility index (Phi) is 5.78. The summed E-state index contributed by atoms with van der Waals surface area (Å²) < 4.78 is 2.13. The van der Waals surface area contributed by atoms with Gasteiger partial charge < -0.3 is 4.57 Å². The van der Waals surface area contributed by atoms with E-state index in [0.29, 0.717) is 0 Å². The van der Waals surface area contributed by atoms with E-state index in [2.05, 4.69) is 11.5 Å². The van der Waals surface area contributed by atoms with Crippen molar-refractivity contribution in [2.24, 2.45) is 0 Å². The normalized spacial score (nSPS) is 11.1. The average molecular weight is 288 g/mol. The molecule has 21 heavy (non-hydrogen) atoms. The summed E-state index contributed by atoms with van der Waals surface area (Å²) in [6.07, 6.45) is 10.9. The molecule has 0 bridgehead atoms. The topological polar surface area (TPSA) is 48.1 Å². The second-order valence-corrected chi connectivity index (χ2v) is 5.60. The van der Waals surface area contributed by atoms with Crippen LogP contribution in [-0.2, 0) is 6.54 Å². The van der Waals surface area contributed by atoms with Crippen LogP contribution in [0.4, 0.5) is 5.69 Å². The minimum atomic E-state index is -0.305. The van der Waals surface area contributed by atoms with Crippen LogP contribution in [0.3, 0.4) is 0 Å². The summed E-state index contributed by atoms with van der Waals surface area (Å²) in [5.74, 6) is 0. The summed E-state index contributed by atoms with van der Waals surface area (Å²) in [5, 5.41) is 11.7. The van der Waals surface area contributed by atoms with Crippen molar-refractivity contribution in [1.29, 1.82) is 0 Å². The van der Waals surface area contributed by atoms with Gasteiger partial charge in [-0.2, -0.15) is 0 Å². The van der Waals surface area contributed by atoms with Gasteiger partial charge in [-0.15, -0.1) is 0 Å². The Morgan fingerprint density at radius 3 is 2.48 bits per heavy atom. The van der Waals surface area contributed by atoms with Crippen LogP contribution in [0.5, 0.6) is 0 Å². The maximum Gasteiger partial charge on any atom is 0.278 e. The van der Waals surface area contributed by atoms with E-state index in [9.17, 15) is 10.1 Å². The van der Waals surface area contributed by atoms with Crippen molar-refractivity contribution in [2.75, 3.05) is 0 Å². The number of rotatable bonds is 9. The zero-order valence-electron chi connectivity index (χ0n) is 12.8. The molecule has 4 nitrogen and oxygen atoms in total. The van der Waals surface area contributed by atoms with Crippen LogP contribution in [0.25, 0.3) is 10.9 Å². The lowest BCUT2D eigenvalue weighted by Crippen LogP contribution is -1.96. The lowest BCUT2D eigenvalue weighted by molar-refractivity contribution is -0.383. The zero-order valence-corrected chi connectivity index (χ0v) is 12.8. The molecule has 1 heterocycles. The zero-order chi connectivity index (χ0) is 15.1. The summed E-state index contributed by atoms with van der Waals surface area (Å²) in [6.45, 7) is 3.18. The molecular weight excluding hydrogens is 264 g/mol. The quantitative estimate of drug-likeness (QED) is 0.357. The molecule has 0 aliphatic rings. The van der Waals surface area contributed by atoms with Gasteiger partial charge in [0, 0.05) is 18.8 Å². The second-order valence-electron chi connectivity index (χ2n) is 5.60. The van der Waals surface area contributed by atoms with E-state index in [1.165, 1.54) is 38.5 Å². The molecular formula is C17H24N2O2. The van der Waals surface area contributed by atoms with Crippen LogP contribution in [0.2, 0.25) is 0 Å². The average Bonchev–Trinajstić information content (AvgIpc) is 2.89. The van der Waals surface area contributed by atoms with Crippen molar-refractivity contribution in [3.05, 3.63) is 40.6 Å². The molecule has 1 aromatic heterocycles. The minimum Gasteiger partial charge on any atom is -0.347 e. The van der Waals surface area contributed by atoms with Crippen LogP contribution >= 0.6 is 0 Å². The number of hydrogen-bond donors (Lipinski definition) is 0. The fourth-order valence-electron chi connectivity index (χ4n) is 2.80. The molecule has 0 unspecified atom stereocenters. The number of fused-ring (bicyclic) bond motifs is 1. The Morgan fingerprint density at radius 1 is 1.05 bits per heavy atom. The van der Waals surface area contributed by atoms with Gasteiger partial charge in [0.15, 0.2) is 0 Å². The molecule has 114 valence electrons. The number of hydrogen-bond acceptors (Lipinski definition) is 2. The molecule has 1 aromatic carbocycles. The van der Waals surface area contributed by atoms with Crippen molar-refractivity contribution in [1.82, 2.24) is 4.57 Å². The van der Waals surface area contributed by atoms with Crippen molar-refractivity contribution in [2.45, 2.75) is 58.4 Å². The standard InChI is InChI=1S/C17H24N2O2/c1-2-3-4-5-6-7-8-13-18-14-12-15-16(18)10-9-11-17(15)19(20)21/h9-12,14H,2-8,13H2,1H3. The Labute approximate surface area is 125 Å². The first-order valence-corrected chi connectivity index (χ1v) is 7.96. The number of aromatic nitrogens is 1. The van der Waals surface area contributed by atoms with Crippen molar-refractivity contribution >= 4 is 16.6 Å². The first-order chi connectivity index (χ1) is 10.2. The molecule has 0 saturated carbocycles. The number of non-ortho nitro benzene ring substituents is 1. The molecule has 0 saturated heterocycles. The van der Waals surface area contributed by atoms with E-state index < -0.39 is 0 Å². The Balaban J connectivity index is 1.88. The van der Waals surface area contributed by atoms with E-state index >= 15 is 0 Å². The highest BCUT2D eigenvalue weighted by Gasteiger charge is 2.13. The van der Waals surface area contributed by atoms with Gasteiger partial charge in [-0.1, -0.05) is 51.5 Å². The maximum atomic E-state index is 11.0. The number of nitrogens with zero attached hydrogens (tertiary/aromatic N) is 2. The summed E-state index contributed by atoms with van der Waals surface area (Å²) in [4.78, 5) is 10.7. The van der Waals surface area contributed by atoms with Crippen LogP contribution in [0, 0.1) is 10.1 Å². The number of unbranched alkanes of at least 4 members (excludes halogenated alkanes) is 6. The molecule has 2 rings (SSSR count). The van der Waals surface area contributed by atoms with Crippen LogP contribution in [0.1, 0.15) is 51.9 Å². The van der Waals surface area contributed by atoms with Gasteiger partial charge in [0.25, 0.3) is 5.69 Å². The Bertz CT molecular complexity index is 589. The minimum absolute atomic E-state index is 0.200. The first-order valence-electron chi connectivity index (χ1n) is 7.96. The molecule has 0 spiro atoms. The molecule has 0 radical (unpaired) electrons. The van der Waals surface area contributed by atoms with E-state index in [1.54, 1.807) is 12.1 Å². The van der Waals surface area contributed by atoms with E-state index in [-0.39, 0.29) is 10.6 Å². The van der Waals surface area contributed by atoms with E-state index in [4.69, 9.17) is 0 Å². The molecule has 0 aliphatic carbocycles. The summed E-state index contributed by atoms with van der Waals surface area (Å²) in [5.41, 5.74) is 1.17. The smallest absolute Gasteiger partial charge is 0.278 e. The van der Waals surface area contributed by atoms with Gasteiger partial charge in [0.05, 0.1) is 15.8 Å². The number of nitro benzene ring substituents is 1. The molecule has 0 atom stereocenters. The Hall–Kier alpha value is -1.84. The van der Waals surface area contributed by atoms with Gasteiger partial charge in [-0.05, 0) is 18.6 Å². The largest absolute Gasteiger partial charge is 0.347 e. The highest BCUT2D eigenvalue weighted by atomic mass is 16.6. The monoisotopic (exact) mass is 288 g/mol. The third-order valence-corrected chi connectivity index (χ3v) is 3.99. The molecule has 0 amide bonds. The lowest BCUT2D eigenvalue weighted by Gasteiger charge is -2.05. The van der Waals surface area contributed by atoms with Gasteiger partial charge in [0.2, 0.25) is 0 Å². The molecule has 2 aromatic rings. The van der Waals surface area contributed by atoms with Gasteiger partial charge in [0.1, 0.15) is 0 Å². The van der Waals surface area contributed by atoms with Crippen molar-refractivity contribution < 1.29 is 4.92 Å². The van der Waals surface area contributed by atoms with Crippen LogP contribution < -0.4 is 0 Å². The predicted molar refractivity (Wildman–Crippen MR) is 86.6 cm³/mol. The molecule has 4 heteroatoms. The van der Waals surface area contributed by atoms with Crippen molar-refractivity contribution in [3.63, 3.8) is 0 Å². The number of aryl methyl sites for hydroxylation is 1. The SMILES string of the molecule is CCCCCCCCCn1ccc2c([N+](=O)[O-])cccc21. The lowest BCUT2D eigenvalue weighted by atomic mass is 10.1. The van der Waals surface area contributed by atoms with E-state index in [0.717, 1.165) is 23.9 Å². The van der Waals surface area contributed by atoms with Gasteiger partial charge in [-0.25, -0.2) is 0 Å².